The molecule has 0 aliphatic carbocycles. The Morgan fingerprint density at radius 3 is 2.39 bits per heavy atom. The first-order chi connectivity index (χ1) is 26.8. The zero-order valence-electron chi connectivity index (χ0n) is 29.9. The molecule has 0 bridgehead atoms. The molecule has 7 rings (SSSR count). The van der Waals surface area contributed by atoms with Gasteiger partial charge in [-0.05, 0) is 60.9 Å². The van der Waals surface area contributed by atoms with E-state index in [-0.39, 0.29) is 46.9 Å². The SMILES string of the molecule is CNC(=O)c1ccccc1Nc1nc(Nc2ccc(CCN3CCN(c4ccc5c(c4)C(=O)N(C4CCC(=O)NC4=O)C5=O)CC3)c(F)c2)ncc1C(F)(F)F. The Kier molecular flexibility index (Phi) is 10.4. The maximum absolute atomic E-state index is 15.3. The molecule has 4 heterocycles. The highest BCUT2D eigenvalue weighted by Gasteiger charge is 2.45. The van der Waals surface area contributed by atoms with Gasteiger partial charge in [0.25, 0.3) is 17.7 Å². The summed E-state index contributed by atoms with van der Waals surface area (Å²) < 4.78 is 56.9. The van der Waals surface area contributed by atoms with Gasteiger partial charge in [0, 0.05) is 63.8 Å². The van der Waals surface area contributed by atoms with Gasteiger partial charge in [-0.2, -0.15) is 18.2 Å². The number of alkyl halides is 3. The molecular weight excluding hydrogens is 738 g/mol. The van der Waals surface area contributed by atoms with Crippen LogP contribution in [-0.2, 0) is 22.2 Å². The van der Waals surface area contributed by atoms with E-state index in [4.69, 9.17) is 0 Å². The molecule has 0 saturated carbocycles. The lowest BCUT2D eigenvalue weighted by atomic mass is 10.0. The number of nitrogens with one attached hydrogen (secondary N) is 4. The molecule has 2 fully saturated rings. The van der Waals surface area contributed by atoms with Crippen LogP contribution in [0.2, 0.25) is 0 Å². The molecule has 1 unspecified atom stereocenters. The van der Waals surface area contributed by atoms with E-state index in [1.165, 1.54) is 25.2 Å². The Morgan fingerprint density at radius 2 is 1.68 bits per heavy atom. The minimum Gasteiger partial charge on any atom is -0.369 e. The van der Waals surface area contributed by atoms with Gasteiger partial charge in [0.15, 0.2) is 0 Å². The van der Waals surface area contributed by atoms with Gasteiger partial charge in [-0.1, -0.05) is 18.2 Å². The second kappa shape index (κ2) is 15.4. The Bertz CT molecular complexity index is 2240. The summed E-state index contributed by atoms with van der Waals surface area (Å²) >= 11 is 0. The maximum Gasteiger partial charge on any atom is 0.421 e. The first-order valence-corrected chi connectivity index (χ1v) is 17.7. The summed E-state index contributed by atoms with van der Waals surface area (Å²) in [5.74, 6) is -4.11. The molecule has 5 amide bonds. The molecule has 18 heteroatoms. The summed E-state index contributed by atoms with van der Waals surface area (Å²) in [7, 11) is 1.40. The van der Waals surface area contributed by atoms with E-state index in [0.717, 1.165) is 10.6 Å². The van der Waals surface area contributed by atoms with Gasteiger partial charge in [-0.15, -0.1) is 0 Å². The molecule has 4 N–H and O–H groups in total. The Hall–Kier alpha value is -6.43. The van der Waals surface area contributed by atoms with E-state index >= 15 is 4.39 Å². The standard InChI is InChI=1S/C38H35F4N9O5/c1-43-33(53)25-4-2-3-5-29(25)46-32-27(38(40,41)42)20-44-37(48-32)45-22-7-6-21(28(39)18-22)12-13-49-14-16-50(17-15-49)23-8-9-24-26(19-23)36(56)51(35(24)55)30-10-11-31(52)47-34(30)54/h2-9,18-20,30H,10-17H2,1H3,(H,43,53)(H,47,52,54)(H2,44,45,46,48). The van der Waals surface area contributed by atoms with Crippen LogP contribution in [0.4, 0.5) is 46.4 Å². The minimum atomic E-state index is -4.81. The van der Waals surface area contributed by atoms with Crippen LogP contribution in [0.25, 0.3) is 0 Å². The van der Waals surface area contributed by atoms with Crippen molar-refractivity contribution in [3.05, 3.63) is 100 Å². The van der Waals surface area contributed by atoms with Gasteiger partial charge in [0.1, 0.15) is 23.2 Å². The number of nitrogens with zero attached hydrogens (tertiary/aromatic N) is 5. The van der Waals surface area contributed by atoms with Gasteiger partial charge in [0.05, 0.1) is 22.4 Å². The van der Waals surface area contributed by atoms with E-state index in [0.29, 0.717) is 50.9 Å². The predicted molar refractivity (Wildman–Crippen MR) is 195 cm³/mol. The summed E-state index contributed by atoms with van der Waals surface area (Å²) in [5.41, 5.74) is 0.849. The zero-order chi connectivity index (χ0) is 39.7. The minimum absolute atomic E-state index is 0.0369. The van der Waals surface area contributed by atoms with Crippen molar-refractivity contribution in [3.8, 4) is 0 Å². The van der Waals surface area contributed by atoms with Crippen molar-refractivity contribution in [2.75, 3.05) is 55.3 Å². The maximum atomic E-state index is 15.3. The fourth-order valence-electron chi connectivity index (χ4n) is 6.92. The number of benzene rings is 3. The number of hydrogen-bond donors (Lipinski definition) is 4. The van der Waals surface area contributed by atoms with Crippen LogP contribution in [0.1, 0.15) is 55.0 Å². The molecular formula is C38H35F4N9O5. The summed E-state index contributed by atoms with van der Waals surface area (Å²) in [6.07, 6.45) is -3.71. The fourth-order valence-corrected chi connectivity index (χ4v) is 6.92. The molecule has 3 aliphatic rings. The van der Waals surface area contributed by atoms with Crippen LogP contribution in [0.15, 0.2) is 66.9 Å². The monoisotopic (exact) mass is 773 g/mol. The average molecular weight is 774 g/mol. The molecule has 290 valence electrons. The molecule has 3 aromatic carbocycles. The molecule has 2 saturated heterocycles. The van der Waals surface area contributed by atoms with Crippen molar-refractivity contribution >= 4 is 58.4 Å². The number of aromatic nitrogens is 2. The number of piperazine rings is 1. The number of fused-ring (bicyclic) bond motifs is 1. The number of carbonyl (C=O) groups is 5. The van der Waals surface area contributed by atoms with Crippen LogP contribution in [0.5, 0.6) is 0 Å². The van der Waals surface area contributed by atoms with Crippen molar-refractivity contribution in [1.82, 2.24) is 30.4 Å². The van der Waals surface area contributed by atoms with Crippen molar-refractivity contribution in [2.45, 2.75) is 31.5 Å². The number of piperidine rings is 1. The number of amides is 5. The first-order valence-electron chi connectivity index (χ1n) is 17.7. The number of hydrogen-bond acceptors (Lipinski definition) is 11. The lowest BCUT2D eigenvalue weighted by molar-refractivity contribution is -0.138. The highest BCUT2D eigenvalue weighted by atomic mass is 19.4. The van der Waals surface area contributed by atoms with Crippen molar-refractivity contribution in [3.63, 3.8) is 0 Å². The van der Waals surface area contributed by atoms with Gasteiger partial charge in [-0.25, -0.2) is 9.37 Å². The summed E-state index contributed by atoms with van der Waals surface area (Å²) in [6.45, 7) is 3.03. The van der Waals surface area contributed by atoms with Gasteiger partial charge < -0.3 is 20.9 Å². The smallest absolute Gasteiger partial charge is 0.369 e. The van der Waals surface area contributed by atoms with E-state index in [9.17, 15) is 37.1 Å². The third kappa shape index (κ3) is 7.72. The normalized spacial score (nSPS) is 17.5. The Labute approximate surface area is 317 Å². The van der Waals surface area contributed by atoms with E-state index in [1.54, 1.807) is 42.5 Å². The second-order valence-corrected chi connectivity index (χ2v) is 13.4. The van der Waals surface area contributed by atoms with Crippen molar-refractivity contribution < 1.29 is 41.5 Å². The Balaban J connectivity index is 0.953. The summed E-state index contributed by atoms with van der Waals surface area (Å²) in [6, 6.07) is 14.3. The van der Waals surface area contributed by atoms with Crippen LogP contribution < -0.4 is 26.2 Å². The summed E-state index contributed by atoms with van der Waals surface area (Å²) in [4.78, 5) is 75.6. The van der Waals surface area contributed by atoms with Crippen LogP contribution >= 0.6 is 0 Å². The van der Waals surface area contributed by atoms with Crippen molar-refractivity contribution in [1.29, 1.82) is 0 Å². The number of rotatable bonds is 10. The van der Waals surface area contributed by atoms with Gasteiger partial charge in [0.2, 0.25) is 17.8 Å². The number of para-hydroxylation sites is 1. The third-order valence-corrected chi connectivity index (χ3v) is 9.91. The van der Waals surface area contributed by atoms with E-state index < -0.39 is 59.0 Å². The molecule has 0 spiro atoms. The number of anilines is 5. The number of halogens is 4. The zero-order valence-corrected chi connectivity index (χ0v) is 29.9. The molecule has 4 aromatic rings. The van der Waals surface area contributed by atoms with Crippen LogP contribution in [0, 0.1) is 5.82 Å². The van der Waals surface area contributed by atoms with Crippen LogP contribution in [0.3, 0.4) is 0 Å². The van der Waals surface area contributed by atoms with E-state index in [1.807, 2.05) is 0 Å². The van der Waals surface area contributed by atoms with Crippen LogP contribution in [-0.4, -0.2) is 95.1 Å². The molecule has 1 atom stereocenters. The fraction of sp³-hybridized carbons (Fsp3) is 0.289. The lowest BCUT2D eigenvalue weighted by Gasteiger charge is -2.36. The third-order valence-electron chi connectivity index (χ3n) is 9.91. The topological polar surface area (TPSA) is 169 Å². The lowest BCUT2D eigenvalue weighted by Crippen LogP contribution is -2.54. The number of imide groups is 2. The van der Waals surface area contributed by atoms with Gasteiger partial charge >= 0.3 is 6.18 Å². The largest absolute Gasteiger partial charge is 0.421 e. The quantitative estimate of drug-likeness (QED) is 0.134. The predicted octanol–water partition coefficient (Wildman–Crippen LogP) is 4.25. The summed E-state index contributed by atoms with van der Waals surface area (Å²) in [5, 5.41) is 9.98. The highest BCUT2D eigenvalue weighted by molar-refractivity contribution is 6.23. The second-order valence-electron chi connectivity index (χ2n) is 13.4. The van der Waals surface area contributed by atoms with Crippen molar-refractivity contribution in [2.24, 2.45) is 0 Å². The van der Waals surface area contributed by atoms with Gasteiger partial charge in [-0.3, -0.25) is 39.1 Å². The van der Waals surface area contributed by atoms with E-state index in [2.05, 4.69) is 41.0 Å². The highest BCUT2D eigenvalue weighted by Crippen LogP contribution is 2.36. The molecule has 56 heavy (non-hydrogen) atoms. The first kappa shape index (κ1) is 37.9. The molecule has 1 aromatic heterocycles. The Morgan fingerprint density at radius 1 is 0.929 bits per heavy atom. The number of carbonyl (C=O) groups excluding carboxylic acids is 5. The average Bonchev–Trinajstić information content (AvgIpc) is 3.42. The molecule has 3 aliphatic heterocycles. The molecule has 0 radical (unpaired) electrons. The molecule has 14 nitrogen and oxygen atoms in total.